The summed E-state index contributed by atoms with van der Waals surface area (Å²) in [6.07, 6.45) is 1.31. The van der Waals surface area contributed by atoms with Gasteiger partial charge in [0.25, 0.3) is 0 Å². The zero-order valence-corrected chi connectivity index (χ0v) is 14.9. The highest BCUT2D eigenvalue weighted by atomic mass is 32.2. The van der Waals surface area contributed by atoms with E-state index in [4.69, 9.17) is 0 Å². The van der Waals surface area contributed by atoms with Gasteiger partial charge >= 0.3 is 5.97 Å². The average Bonchev–Trinajstić information content (AvgIpc) is 3.12. The maximum Gasteiger partial charge on any atom is 0.321 e. The lowest BCUT2D eigenvalue weighted by molar-refractivity contribution is -0.140. The molecule has 2 N–H and O–H groups in total. The van der Waals surface area contributed by atoms with Crippen LogP contribution in [-0.2, 0) is 19.6 Å². The number of nitrogens with one attached hydrogen (secondary N) is 1. The third-order valence-electron chi connectivity index (χ3n) is 3.53. The first kappa shape index (κ1) is 19.5. The van der Waals surface area contributed by atoms with Gasteiger partial charge in [-0.3, -0.25) is 9.59 Å². The fourth-order valence-corrected chi connectivity index (χ4v) is 3.82. The van der Waals surface area contributed by atoms with E-state index in [9.17, 15) is 23.1 Å². The van der Waals surface area contributed by atoms with Gasteiger partial charge in [0.2, 0.25) is 15.9 Å². The van der Waals surface area contributed by atoms with Crippen molar-refractivity contribution < 1.29 is 23.1 Å². The predicted octanol–water partition coefficient (Wildman–Crippen LogP) is -0.738. The monoisotopic (exact) mass is 382 g/mol. The van der Waals surface area contributed by atoms with E-state index in [-0.39, 0.29) is 23.9 Å². The fourth-order valence-electron chi connectivity index (χ4n) is 2.19. The highest BCUT2D eigenvalue weighted by Gasteiger charge is 2.33. The second-order valence-electron chi connectivity index (χ2n) is 5.36. The van der Waals surface area contributed by atoms with Crippen LogP contribution in [0.15, 0.2) is 35.5 Å². The molecule has 2 aromatic rings. The second-order valence-corrected chi connectivity index (χ2v) is 7.26. The van der Waals surface area contributed by atoms with Gasteiger partial charge in [-0.1, -0.05) is 6.07 Å². The minimum absolute atomic E-state index is 0.0150. The summed E-state index contributed by atoms with van der Waals surface area (Å²) >= 11 is 0. The molecule has 0 aliphatic rings. The zero-order valence-electron chi connectivity index (χ0n) is 14.1. The van der Waals surface area contributed by atoms with Crippen LogP contribution in [0.5, 0.6) is 0 Å². The first-order valence-corrected chi connectivity index (χ1v) is 9.00. The van der Waals surface area contributed by atoms with Gasteiger partial charge < -0.3 is 10.4 Å². The molecular formula is C14H18N6O5S. The van der Waals surface area contributed by atoms with Crippen LogP contribution in [0, 0.1) is 0 Å². The largest absolute Gasteiger partial charge is 0.480 e. The molecule has 0 radical (unpaired) electrons. The van der Waals surface area contributed by atoms with Gasteiger partial charge in [0.15, 0.2) is 0 Å². The number of aliphatic carboxylic acids is 1. The Morgan fingerprint density at radius 2 is 2.12 bits per heavy atom. The summed E-state index contributed by atoms with van der Waals surface area (Å²) in [5.41, 5.74) is 0.404. The third-order valence-corrected chi connectivity index (χ3v) is 5.50. The van der Waals surface area contributed by atoms with Crippen molar-refractivity contribution in [3.63, 3.8) is 0 Å². The van der Waals surface area contributed by atoms with E-state index in [2.05, 4.69) is 20.8 Å². The molecule has 140 valence electrons. The summed E-state index contributed by atoms with van der Waals surface area (Å²) in [5, 5.41) is 22.4. The van der Waals surface area contributed by atoms with Crippen LogP contribution >= 0.6 is 0 Å². The SMILES string of the molecule is CC(=O)NCCN(C(C)C(=O)O)S(=O)(=O)c1cccc(-n2cnnn2)c1. The molecule has 1 unspecified atom stereocenters. The number of carboxylic acids is 1. The first-order valence-electron chi connectivity index (χ1n) is 7.56. The Kier molecular flexibility index (Phi) is 6.00. The summed E-state index contributed by atoms with van der Waals surface area (Å²) in [6.45, 7) is 2.34. The number of amides is 1. The lowest BCUT2D eigenvalue weighted by Gasteiger charge is -2.26. The van der Waals surface area contributed by atoms with Crippen LogP contribution < -0.4 is 5.32 Å². The molecule has 1 aromatic carbocycles. The summed E-state index contributed by atoms with van der Waals surface area (Å²) in [6, 6.07) is 4.49. The molecule has 0 saturated carbocycles. The van der Waals surface area contributed by atoms with Crippen molar-refractivity contribution in [2.45, 2.75) is 24.8 Å². The van der Waals surface area contributed by atoms with E-state index in [0.29, 0.717) is 5.69 Å². The lowest BCUT2D eigenvalue weighted by Crippen LogP contribution is -2.46. The molecule has 2 rings (SSSR count). The average molecular weight is 382 g/mol. The highest BCUT2D eigenvalue weighted by Crippen LogP contribution is 2.20. The molecule has 0 aliphatic carbocycles. The molecule has 1 amide bonds. The minimum Gasteiger partial charge on any atom is -0.480 e. The normalized spacial score (nSPS) is 12.7. The molecule has 0 fully saturated rings. The van der Waals surface area contributed by atoms with E-state index < -0.39 is 22.0 Å². The number of hydrogen-bond donors (Lipinski definition) is 2. The number of carboxylic acid groups (broad SMARTS) is 1. The van der Waals surface area contributed by atoms with Crippen molar-refractivity contribution in [2.75, 3.05) is 13.1 Å². The van der Waals surface area contributed by atoms with Crippen molar-refractivity contribution in [3.05, 3.63) is 30.6 Å². The molecule has 1 atom stereocenters. The Morgan fingerprint density at radius 3 is 2.69 bits per heavy atom. The van der Waals surface area contributed by atoms with Crippen molar-refractivity contribution in [1.29, 1.82) is 0 Å². The van der Waals surface area contributed by atoms with Crippen molar-refractivity contribution in [2.24, 2.45) is 0 Å². The minimum atomic E-state index is -4.14. The Morgan fingerprint density at radius 1 is 1.38 bits per heavy atom. The maximum atomic E-state index is 13.0. The number of aromatic nitrogens is 4. The maximum absolute atomic E-state index is 13.0. The predicted molar refractivity (Wildman–Crippen MR) is 88.8 cm³/mol. The van der Waals surface area contributed by atoms with Gasteiger partial charge in [0, 0.05) is 20.0 Å². The molecule has 12 heteroatoms. The summed E-state index contributed by atoms with van der Waals surface area (Å²) in [5.74, 6) is -1.64. The number of carbonyl (C=O) groups is 2. The van der Waals surface area contributed by atoms with Gasteiger partial charge in [-0.15, -0.1) is 5.10 Å². The van der Waals surface area contributed by atoms with Gasteiger partial charge in [0.05, 0.1) is 10.6 Å². The summed E-state index contributed by atoms with van der Waals surface area (Å²) in [7, 11) is -4.14. The number of carbonyl (C=O) groups excluding carboxylic acids is 1. The molecule has 1 heterocycles. The molecular weight excluding hydrogens is 364 g/mol. The number of benzene rings is 1. The number of tetrazole rings is 1. The van der Waals surface area contributed by atoms with Gasteiger partial charge in [-0.2, -0.15) is 4.31 Å². The molecule has 1 aromatic heterocycles. The zero-order chi connectivity index (χ0) is 19.3. The highest BCUT2D eigenvalue weighted by molar-refractivity contribution is 7.89. The molecule has 26 heavy (non-hydrogen) atoms. The topological polar surface area (TPSA) is 147 Å². The standard InChI is InChI=1S/C14H18N6O5S/c1-10(14(22)23)20(7-6-15-11(2)21)26(24,25)13-5-3-4-12(8-13)19-9-16-17-18-19/h3-5,8-10H,6-7H2,1-2H3,(H,15,21)(H,22,23). The third kappa shape index (κ3) is 4.40. The molecule has 11 nitrogen and oxygen atoms in total. The van der Waals surface area contributed by atoms with Gasteiger partial charge in [-0.05, 0) is 35.5 Å². The van der Waals surface area contributed by atoms with E-state index in [1.807, 2.05) is 0 Å². The van der Waals surface area contributed by atoms with Crippen LogP contribution in [0.2, 0.25) is 0 Å². The van der Waals surface area contributed by atoms with Crippen LogP contribution in [0.3, 0.4) is 0 Å². The van der Waals surface area contributed by atoms with E-state index in [0.717, 1.165) is 4.31 Å². The molecule has 0 aliphatic heterocycles. The van der Waals surface area contributed by atoms with E-state index in [1.165, 1.54) is 43.1 Å². The summed E-state index contributed by atoms with van der Waals surface area (Å²) < 4.78 is 28.0. The van der Waals surface area contributed by atoms with E-state index >= 15 is 0 Å². The Balaban J connectivity index is 2.37. The van der Waals surface area contributed by atoms with Crippen molar-refractivity contribution >= 4 is 21.9 Å². The first-order chi connectivity index (χ1) is 12.2. The quantitative estimate of drug-likeness (QED) is 0.607. The number of hydrogen-bond acceptors (Lipinski definition) is 7. The molecule has 0 bridgehead atoms. The summed E-state index contributed by atoms with van der Waals surface area (Å²) in [4.78, 5) is 22.2. The van der Waals surface area contributed by atoms with Crippen LogP contribution in [0.1, 0.15) is 13.8 Å². The van der Waals surface area contributed by atoms with E-state index in [1.54, 1.807) is 6.07 Å². The number of sulfonamides is 1. The molecule has 0 saturated heterocycles. The van der Waals surface area contributed by atoms with Gasteiger partial charge in [-0.25, -0.2) is 13.1 Å². The fraction of sp³-hybridized carbons (Fsp3) is 0.357. The second kappa shape index (κ2) is 8.01. The smallest absolute Gasteiger partial charge is 0.321 e. The van der Waals surface area contributed by atoms with Crippen molar-refractivity contribution in [1.82, 2.24) is 29.8 Å². The van der Waals surface area contributed by atoms with Crippen molar-refractivity contribution in [3.8, 4) is 5.69 Å². The number of rotatable bonds is 8. The molecule has 0 spiro atoms. The Hall–Kier alpha value is -2.86. The Bertz CT molecular complexity index is 883. The Labute approximate surface area is 149 Å². The van der Waals surface area contributed by atoms with Crippen LogP contribution in [0.25, 0.3) is 5.69 Å². The van der Waals surface area contributed by atoms with Crippen LogP contribution in [0.4, 0.5) is 0 Å². The lowest BCUT2D eigenvalue weighted by atomic mass is 10.3. The van der Waals surface area contributed by atoms with Gasteiger partial charge in [0.1, 0.15) is 12.4 Å². The van der Waals surface area contributed by atoms with Crippen LogP contribution in [-0.4, -0.2) is 69.0 Å². The number of nitrogens with zero attached hydrogens (tertiary/aromatic N) is 5.